The number of carbonyl (C=O) groups is 2. The van der Waals surface area contributed by atoms with Gasteiger partial charge in [0.05, 0.1) is 18.2 Å². The molecule has 0 aromatic heterocycles. The van der Waals surface area contributed by atoms with Gasteiger partial charge in [-0.1, -0.05) is 43.3 Å². The zero-order chi connectivity index (χ0) is 25.4. The van der Waals surface area contributed by atoms with E-state index in [1.54, 1.807) is 12.1 Å². The molecule has 0 aliphatic carbocycles. The van der Waals surface area contributed by atoms with Crippen molar-refractivity contribution in [1.82, 2.24) is 26.6 Å². The molecule has 2 aromatic rings. The van der Waals surface area contributed by atoms with Crippen LogP contribution in [0.5, 0.6) is 5.75 Å². The van der Waals surface area contributed by atoms with Gasteiger partial charge < -0.3 is 15.4 Å². The number of rotatable bonds is 9. The van der Waals surface area contributed by atoms with Gasteiger partial charge in [0.1, 0.15) is 17.5 Å². The summed E-state index contributed by atoms with van der Waals surface area (Å²) < 4.78 is 41.5. The van der Waals surface area contributed by atoms with E-state index in [1.807, 2.05) is 19.1 Å². The van der Waals surface area contributed by atoms with Gasteiger partial charge in [0, 0.05) is 12.7 Å². The first-order chi connectivity index (χ1) is 16.7. The number of amides is 2. The van der Waals surface area contributed by atoms with Crippen LogP contribution in [0.4, 0.5) is 13.2 Å². The molecule has 4 N–H and O–H groups in total. The molecule has 2 aromatic carbocycles. The molecule has 1 aliphatic heterocycles. The van der Waals surface area contributed by atoms with Gasteiger partial charge in [-0.3, -0.25) is 20.0 Å². The molecule has 1 atom stereocenters. The van der Waals surface area contributed by atoms with Crippen molar-refractivity contribution < 1.29 is 27.5 Å². The van der Waals surface area contributed by atoms with Crippen molar-refractivity contribution in [2.24, 2.45) is 0 Å². The predicted molar refractivity (Wildman–Crippen MR) is 119 cm³/mol. The molecule has 0 bridgehead atoms. The summed E-state index contributed by atoms with van der Waals surface area (Å²) in [6, 6.07) is 13.6. The van der Waals surface area contributed by atoms with Crippen LogP contribution in [0, 0.1) is 11.3 Å². The van der Waals surface area contributed by atoms with E-state index in [4.69, 9.17) is 0 Å². The number of halogens is 3. The number of ether oxygens (including phenoxy) is 1. The van der Waals surface area contributed by atoms with E-state index in [9.17, 15) is 28.0 Å². The van der Waals surface area contributed by atoms with Crippen molar-refractivity contribution in [2.45, 2.75) is 25.7 Å². The van der Waals surface area contributed by atoms with Crippen LogP contribution >= 0.6 is 0 Å². The lowest BCUT2D eigenvalue weighted by Gasteiger charge is -2.16. The van der Waals surface area contributed by atoms with E-state index < -0.39 is 30.0 Å². The molecule has 12 heteroatoms. The number of hydrogen-bond acceptors (Lipinski definition) is 7. The third kappa shape index (κ3) is 7.12. The van der Waals surface area contributed by atoms with Crippen LogP contribution in [0.25, 0.3) is 0 Å². The molecule has 0 fully saturated rings. The van der Waals surface area contributed by atoms with E-state index in [0.717, 1.165) is 18.1 Å². The molecule has 184 valence electrons. The number of benzene rings is 2. The fraction of sp³-hybridized carbons (Fsp3) is 0.261. The van der Waals surface area contributed by atoms with Crippen molar-refractivity contribution in [3.05, 3.63) is 77.1 Å². The van der Waals surface area contributed by atoms with Crippen LogP contribution < -0.4 is 26.3 Å². The van der Waals surface area contributed by atoms with Crippen LogP contribution in [0.15, 0.2) is 60.4 Å². The quantitative estimate of drug-likeness (QED) is 0.428. The molecular formula is C23H23F3N6O3. The molecular weight excluding hydrogens is 465 g/mol. The summed E-state index contributed by atoms with van der Waals surface area (Å²) in [6.45, 7) is 2.24. The lowest BCUT2D eigenvalue weighted by atomic mass is 10.0. The standard InChI is InChI=1S/C23H23F3N6O3/c1-2-15-7-9-16(10-8-15)18(13-27)29-22(34)19-14-32(31-30-19)12-11-28-21(33)17-5-3-4-6-20(17)35-23(24,25)26/h3-10,14,18,30-31H,2,11-12H2,1H3,(H,28,33)(H,29,34). The third-order valence-corrected chi connectivity index (χ3v) is 4.99. The molecule has 9 nitrogen and oxygen atoms in total. The van der Waals surface area contributed by atoms with E-state index in [-0.39, 0.29) is 24.4 Å². The number of alkyl halides is 3. The molecule has 1 unspecified atom stereocenters. The maximum absolute atomic E-state index is 12.5. The third-order valence-electron chi connectivity index (χ3n) is 4.99. The molecule has 1 aliphatic rings. The highest BCUT2D eigenvalue weighted by molar-refractivity contribution is 5.97. The number of hydrogen-bond donors (Lipinski definition) is 4. The Hall–Kier alpha value is -4.24. The normalized spacial score (nSPS) is 13.8. The lowest BCUT2D eigenvalue weighted by molar-refractivity contribution is -0.274. The Morgan fingerprint density at radius 3 is 2.51 bits per heavy atom. The number of para-hydroxylation sites is 1. The topological polar surface area (TPSA) is 119 Å². The highest BCUT2D eigenvalue weighted by Crippen LogP contribution is 2.26. The molecule has 2 amide bonds. The number of hydrazine groups is 2. The fourth-order valence-corrected chi connectivity index (χ4v) is 3.19. The molecule has 0 spiro atoms. The summed E-state index contributed by atoms with van der Waals surface area (Å²) in [5.41, 5.74) is 7.03. The second-order valence-electron chi connectivity index (χ2n) is 7.40. The van der Waals surface area contributed by atoms with Crippen LogP contribution in [0.1, 0.15) is 34.5 Å². The smallest absolute Gasteiger partial charge is 0.405 e. The van der Waals surface area contributed by atoms with E-state index in [0.29, 0.717) is 5.56 Å². The molecule has 0 saturated carbocycles. The van der Waals surface area contributed by atoms with Gasteiger partial charge in [0.25, 0.3) is 11.8 Å². The Bertz CT molecular complexity index is 1130. The van der Waals surface area contributed by atoms with Crippen LogP contribution in [0.2, 0.25) is 0 Å². The zero-order valence-electron chi connectivity index (χ0n) is 18.6. The van der Waals surface area contributed by atoms with Crippen molar-refractivity contribution >= 4 is 11.8 Å². The largest absolute Gasteiger partial charge is 0.573 e. The Morgan fingerprint density at radius 2 is 1.86 bits per heavy atom. The maximum Gasteiger partial charge on any atom is 0.573 e. The van der Waals surface area contributed by atoms with Gasteiger partial charge in [-0.25, -0.2) is 0 Å². The summed E-state index contributed by atoms with van der Waals surface area (Å²) in [5.74, 6) is -1.87. The van der Waals surface area contributed by atoms with Gasteiger partial charge in [0.2, 0.25) is 0 Å². The second-order valence-corrected chi connectivity index (χ2v) is 7.40. The van der Waals surface area contributed by atoms with Crippen molar-refractivity contribution in [1.29, 1.82) is 5.26 Å². The van der Waals surface area contributed by atoms with Crippen LogP contribution in [-0.4, -0.2) is 36.3 Å². The van der Waals surface area contributed by atoms with E-state index in [2.05, 4.69) is 32.4 Å². The molecule has 1 heterocycles. The highest BCUT2D eigenvalue weighted by Gasteiger charge is 2.32. The number of carbonyl (C=O) groups excluding carboxylic acids is 2. The van der Waals surface area contributed by atoms with Gasteiger partial charge in [-0.2, -0.15) is 5.26 Å². The van der Waals surface area contributed by atoms with E-state index in [1.165, 1.54) is 29.4 Å². The Balaban J connectivity index is 1.52. The summed E-state index contributed by atoms with van der Waals surface area (Å²) >= 11 is 0. The first-order valence-corrected chi connectivity index (χ1v) is 10.6. The molecule has 0 saturated heterocycles. The summed E-state index contributed by atoms with van der Waals surface area (Å²) in [6.07, 6.45) is -2.62. The highest BCUT2D eigenvalue weighted by atomic mass is 19.4. The van der Waals surface area contributed by atoms with Crippen LogP contribution in [-0.2, 0) is 11.2 Å². The lowest BCUT2D eigenvalue weighted by Crippen LogP contribution is -2.42. The number of nitrogens with one attached hydrogen (secondary N) is 4. The van der Waals surface area contributed by atoms with Gasteiger partial charge in [-0.05, 0) is 29.7 Å². The minimum absolute atomic E-state index is 0.0455. The Morgan fingerprint density at radius 1 is 1.14 bits per heavy atom. The molecule has 0 radical (unpaired) electrons. The monoisotopic (exact) mass is 488 g/mol. The van der Waals surface area contributed by atoms with Crippen LogP contribution in [0.3, 0.4) is 0 Å². The number of nitrogens with zero attached hydrogens (tertiary/aromatic N) is 2. The van der Waals surface area contributed by atoms with Crippen molar-refractivity contribution in [3.63, 3.8) is 0 Å². The first-order valence-electron chi connectivity index (χ1n) is 10.6. The minimum atomic E-state index is -4.92. The Labute approximate surface area is 199 Å². The summed E-state index contributed by atoms with van der Waals surface area (Å²) in [4.78, 5) is 24.8. The van der Waals surface area contributed by atoms with E-state index >= 15 is 0 Å². The average molecular weight is 488 g/mol. The zero-order valence-corrected chi connectivity index (χ0v) is 18.6. The second kappa shape index (κ2) is 11.3. The Kier molecular flexibility index (Phi) is 8.17. The van der Waals surface area contributed by atoms with Gasteiger partial charge in [0.15, 0.2) is 0 Å². The van der Waals surface area contributed by atoms with Gasteiger partial charge in [-0.15, -0.1) is 18.7 Å². The molecule has 3 rings (SSSR count). The minimum Gasteiger partial charge on any atom is -0.405 e. The van der Waals surface area contributed by atoms with Crippen molar-refractivity contribution in [3.8, 4) is 11.8 Å². The fourth-order valence-electron chi connectivity index (χ4n) is 3.19. The summed E-state index contributed by atoms with van der Waals surface area (Å²) in [7, 11) is 0. The molecule has 35 heavy (non-hydrogen) atoms. The maximum atomic E-state index is 12.5. The van der Waals surface area contributed by atoms with Crippen molar-refractivity contribution in [2.75, 3.05) is 13.1 Å². The SMILES string of the molecule is CCc1ccc(C(C#N)NC(=O)C2=CN(CCNC(=O)c3ccccc3OC(F)(F)F)NN2)cc1. The summed E-state index contributed by atoms with van der Waals surface area (Å²) in [5, 5.41) is 16.0. The van der Waals surface area contributed by atoms with Gasteiger partial charge >= 0.3 is 6.36 Å². The number of aryl methyl sites for hydroxylation is 1. The average Bonchev–Trinajstić information content (AvgIpc) is 3.31. The predicted octanol–water partition coefficient (Wildman–Crippen LogP) is 2.42. The first kappa shape index (κ1) is 25.4. The number of nitriles is 1.